The van der Waals surface area contributed by atoms with Crippen molar-refractivity contribution >= 4 is 5.91 Å². The number of hydrogen-bond donors (Lipinski definition) is 1. The molecule has 1 rings (SSSR count). The number of rotatable bonds is 4. The Labute approximate surface area is 95.9 Å². The van der Waals surface area contributed by atoms with Gasteiger partial charge in [0.2, 0.25) is 0 Å². The van der Waals surface area contributed by atoms with Crippen LogP contribution < -0.4 is 5.32 Å². The highest BCUT2D eigenvalue weighted by atomic mass is 19.1. The van der Waals surface area contributed by atoms with E-state index in [-0.39, 0.29) is 11.7 Å². The maximum absolute atomic E-state index is 13.2. The van der Waals surface area contributed by atoms with E-state index in [9.17, 15) is 9.18 Å². The fourth-order valence-corrected chi connectivity index (χ4v) is 1.31. The third-order valence-electron chi connectivity index (χ3n) is 2.44. The minimum absolute atomic E-state index is 0.209. The predicted octanol–water partition coefficient (Wildman–Crippen LogP) is 2.91. The average molecular weight is 223 g/mol. The van der Waals surface area contributed by atoms with Gasteiger partial charge >= 0.3 is 0 Å². The Morgan fingerprint density at radius 3 is 2.69 bits per heavy atom. The molecule has 0 spiro atoms. The fraction of sp³-hybridized carbons (Fsp3) is 0.462. The van der Waals surface area contributed by atoms with Gasteiger partial charge in [0.1, 0.15) is 5.82 Å². The van der Waals surface area contributed by atoms with Gasteiger partial charge in [-0.15, -0.1) is 0 Å². The van der Waals surface area contributed by atoms with E-state index in [2.05, 4.69) is 19.2 Å². The smallest absolute Gasteiger partial charge is 0.251 e. The van der Waals surface area contributed by atoms with Crippen LogP contribution in [-0.4, -0.2) is 12.5 Å². The maximum Gasteiger partial charge on any atom is 0.251 e. The quantitative estimate of drug-likeness (QED) is 0.835. The van der Waals surface area contributed by atoms with Crippen LogP contribution in [0.15, 0.2) is 18.2 Å². The van der Waals surface area contributed by atoms with Crippen molar-refractivity contribution in [1.29, 1.82) is 0 Å². The van der Waals surface area contributed by atoms with Crippen molar-refractivity contribution in [3.8, 4) is 0 Å². The molecule has 1 N–H and O–H groups in total. The van der Waals surface area contributed by atoms with Crippen molar-refractivity contribution in [3.05, 3.63) is 35.1 Å². The van der Waals surface area contributed by atoms with Crippen molar-refractivity contribution in [3.63, 3.8) is 0 Å². The minimum Gasteiger partial charge on any atom is -0.352 e. The second-order valence-corrected chi connectivity index (χ2v) is 4.40. The van der Waals surface area contributed by atoms with Crippen molar-refractivity contribution in [2.24, 2.45) is 5.92 Å². The highest BCUT2D eigenvalue weighted by Gasteiger charge is 2.07. The predicted molar refractivity (Wildman–Crippen MR) is 62.9 cm³/mol. The zero-order valence-corrected chi connectivity index (χ0v) is 10.0. The molecule has 0 atom stereocenters. The van der Waals surface area contributed by atoms with Crippen molar-refractivity contribution in [2.45, 2.75) is 27.2 Å². The second-order valence-electron chi connectivity index (χ2n) is 4.40. The summed E-state index contributed by atoms with van der Waals surface area (Å²) in [6.07, 6.45) is 0.931. The Hall–Kier alpha value is -1.38. The second kappa shape index (κ2) is 5.64. The first-order chi connectivity index (χ1) is 7.50. The number of carbonyl (C=O) groups excluding carboxylic acids is 1. The van der Waals surface area contributed by atoms with Gasteiger partial charge in [0.25, 0.3) is 5.91 Å². The molecule has 88 valence electrons. The molecule has 3 heteroatoms. The molecular formula is C13H18FNO. The molecule has 0 aliphatic rings. The fourth-order valence-electron chi connectivity index (χ4n) is 1.31. The number of halogens is 1. The molecule has 1 aromatic rings. The monoisotopic (exact) mass is 223 g/mol. The third kappa shape index (κ3) is 3.65. The molecule has 0 bridgehead atoms. The van der Waals surface area contributed by atoms with E-state index >= 15 is 0 Å². The highest BCUT2D eigenvalue weighted by molar-refractivity contribution is 5.94. The van der Waals surface area contributed by atoms with Crippen LogP contribution in [0.25, 0.3) is 0 Å². The molecule has 0 saturated carbocycles. The lowest BCUT2D eigenvalue weighted by molar-refractivity contribution is 0.0951. The number of amides is 1. The van der Waals surface area contributed by atoms with Crippen LogP contribution >= 0.6 is 0 Å². The summed E-state index contributed by atoms with van der Waals surface area (Å²) < 4.78 is 13.2. The summed E-state index contributed by atoms with van der Waals surface area (Å²) in [6, 6.07) is 4.54. The molecule has 0 aliphatic heterocycles. The number of aryl methyl sites for hydroxylation is 1. The molecule has 0 saturated heterocycles. The topological polar surface area (TPSA) is 29.1 Å². The molecule has 0 unspecified atom stereocenters. The van der Waals surface area contributed by atoms with Crippen LogP contribution in [0.5, 0.6) is 0 Å². The van der Waals surface area contributed by atoms with E-state index in [1.165, 1.54) is 6.07 Å². The first kappa shape index (κ1) is 12.7. The summed E-state index contributed by atoms with van der Waals surface area (Å²) in [5.41, 5.74) is 0.936. The first-order valence-electron chi connectivity index (χ1n) is 5.55. The van der Waals surface area contributed by atoms with Crippen LogP contribution in [0.2, 0.25) is 0 Å². The van der Waals surface area contributed by atoms with E-state index < -0.39 is 0 Å². The summed E-state index contributed by atoms with van der Waals surface area (Å²) in [7, 11) is 0. The Morgan fingerprint density at radius 2 is 2.12 bits per heavy atom. The molecule has 0 aromatic heterocycles. The van der Waals surface area contributed by atoms with Gasteiger partial charge < -0.3 is 5.32 Å². The minimum atomic E-state index is -0.337. The molecule has 1 amide bonds. The summed E-state index contributed by atoms with van der Waals surface area (Å²) in [5, 5.41) is 2.77. The van der Waals surface area contributed by atoms with Gasteiger partial charge in [-0.1, -0.05) is 19.9 Å². The van der Waals surface area contributed by atoms with Gasteiger partial charge in [0.15, 0.2) is 0 Å². The Kier molecular flexibility index (Phi) is 4.47. The number of hydrogen-bond acceptors (Lipinski definition) is 1. The molecule has 0 heterocycles. The van der Waals surface area contributed by atoms with Gasteiger partial charge in [-0.25, -0.2) is 4.39 Å². The van der Waals surface area contributed by atoms with Crippen molar-refractivity contribution in [1.82, 2.24) is 5.32 Å². The molecule has 16 heavy (non-hydrogen) atoms. The van der Waals surface area contributed by atoms with Crippen LogP contribution in [0, 0.1) is 18.7 Å². The van der Waals surface area contributed by atoms with Gasteiger partial charge in [-0.3, -0.25) is 4.79 Å². The van der Waals surface area contributed by atoms with Gasteiger partial charge in [-0.05, 0) is 37.0 Å². The SMILES string of the molecule is Cc1ccc(C(=O)NCCC(C)C)cc1F. The Balaban J connectivity index is 2.56. The van der Waals surface area contributed by atoms with E-state index in [4.69, 9.17) is 0 Å². The zero-order chi connectivity index (χ0) is 12.1. The largest absolute Gasteiger partial charge is 0.352 e. The molecular weight excluding hydrogens is 205 g/mol. The van der Waals surface area contributed by atoms with E-state index in [0.717, 1.165) is 6.42 Å². The number of benzene rings is 1. The average Bonchev–Trinajstić information content (AvgIpc) is 2.21. The standard InChI is InChI=1S/C13H18FNO/c1-9(2)6-7-15-13(16)11-5-4-10(3)12(14)8-11/h4-5,8-9H,6-7H2,1-3H3,(H,15,16). The Bertz CT molecular complexity index is 374. The van der Waals surface area contributed by atoms with Crippen LogP contribution in [0.3, 0.4) is 0 Å². The van der Waals surface area contributed by atoms with Crippen LogP contribution in [0.1, 0.15) is 36.2 Å². The molecule has 2 nitrogen and oxygen atoms in total. The molecule has 0 fully saturated rings. The van der Waals surface area contributed by atoms with Crippen molar-refractivity contribution < 1.29 is 9.18 Å². The lowest BCUT2D eigenvalue weighted by Crippen LogP contribution is -2.25. The maximum atomic E-state index is 13.2. The van der Waals surface area contributed by atoms with Gasteiger partial charge in [0, 0.05) is 12.1 Å². The third-order valence-corrected chi connectivity index (χ3v) is 2.44. The lowest BCUT2D eigenvalue weighted by Gasteiger charge is -2.07. The first-order valence-corrected chi connectivity index (χ1v) is 5.55. The summed E-state index contributed by atoms with van der Waals surface area (Å²) >= 11 is 0. The van der Waals surface area contributed by atoms with Crippen molar-refractivity contribution in [2.75, 3.05) is 6.54 Å². The van der Waals surface area contributed by atoms with E-state index in [0.29, 0.717) is 23.6 Å². The normalized spacial score (nSPS) is 10.6. The summed E-state index contributed by atoms with van der Waals surface area (Å²) in [6.45, 7) is 6.50. The number of nitrogens with one attached hydrogen (secondary N) is 1. The molecule has 1 aromatic carbocycles. The summed E-state index contributed by atoms with van der Waals surface area (Å²) in [4.78, 5) is 11.6. The van der Waals surface area contributed by atoms with Gasteiger partial charge in [0.05, 0.1) is 0 Å². The Morgan fingerprint density at radius 1 is 1.44 bits per heavy atom. The van der Waals surface area contributed by atoms with Crippen LogP contribution in [0.4, 0.5) is 4.39 Å². The van der Waals surface area contributed by atoms with Gasteiger partial charge in [-0.2, -0.15) is 0 Å². The zero-order valence-electron chi connectivity index (χ0n) is 10.0. The molecule has 0 radical (unpaired) electrons. The van der Waals surface area contributed by atoms with Crippen LogP contribution in [-0.2, 0) is 0 Å². The van der Waals surface area contributed by atoms with E-state index in [1.54, 1.807) is 19.1 Å². The van der Waals surface area contributed by atoms with E-state index in [1.807, 2.05) is 0 Å². The summed E-state index contributed by atoms with van der Waals surface area (Å²) in [5.74, 6) is 0.00566. The molecule has 0 aliphatic carbocycles. The highest BCUT2D eigenvalue weighted by Crippen LogP contribution is 2.09. The number of carbonyl (C=O) groups is 1. The lowest BCUT2D eigenvalue weighted by atomic mass is 10.1.